The second kappa shape index (κ2) is 5.41. The molecule has 0 heterocycles. The molecule has 100 valence electrons. The van der Waals surface area contributed by atoms with Crippen LogP contribution in [0.4, 0.5) is 0 Å². The Balaban J connectivity index is 2.31. The predicted molar refractivity (Wildman–Crippen MR) is 71.2 cm³/mol. The van der Waals surface area contributed by atoms with Gasteiger partial charge in [-0.1, -0.05) is 24.3 Å². The van der Waals surface area contributed by atoms with Gasteiger partial charge in [-0.05, 0) is 0 Å². The Morgan fingerprint density at radius 3 is 2.55 bits per heavy atom. The maximum Gasteiger partial charge on any atom is 0.327 e. The van der Waals surface area contributed by atoms with E-state index in [1.807, 2.05) is 0 Å². The van der Waals surface area contributed by atoms with Crippen molar-refractivity contribution >= 4 is 17.5 Å². The van der Waals surface area contributed by atoms with Gasteiger partial charge in [0.25, 0.3) is 0 Å². The maximum absolute atomic E-state index is 12.2. The standard InChI is InChI=1S/C15H11NO4/c1-2-5-11(15(19)20)16-12-8-13(17)9-6-3-4-7-10(9)14(12)18/h1,3-4,6-8,11,16H,5H2,(H,19,20). The second-order valence-electron chi connectivity index (χ2n) is 4.24. The van der Waals surface area contributed by atoms with Gasteiger partial charge < -0.3 is 10.4 Å². The lowest BCUT2D eigenvalue weighted by molar-refractivity contribution is -0.139. The summed E-state index contributed by atoms with van der Waals surface area (Å²) in [7, 11) is 0. The number of carbonyl (C=O) groups is 3. The topological polar surface area (TPSA) is 83.5 Å². The van der Waals surface area contributed by atoms with Crippen LogP contribution in [0.15, 0.2) is 36.0 Å². The third-order valence-corrected chi connectivity index (χ3v) is 2.91. The smallest absolute Gasteiger partial charge is 0.327 e. The van der Waals surface area contributed by atoms with Crippen LogP contribution in [0.1, 0.15) is 27.1 Å². The number of Topliss-reactive ketones (excluding diaryl/α,β-unsaturated/α-hetero) is 1. The number of rotatable bonds is 4. The van der Waals surface area contributed by atoms with Crippen LogP contribution in [0.5, 0.6) is 0 Å². The summed E-state index contributed by atoms with van der Waals surface area (Å²) in [6.45, 7) is 0. The molecule has 0 bridgehead atoms. The summed E-state index contributed by atoms with van der Waals surface area (Å²) >= 11 is 0. The van der Waals surface area contributed by atoms with Gasteiger partial charge in [-0.25, -0.2) is 4.79 Å². The lowest BCUT2D eigenvalue weighted by Crippen LogP contribution is -2.39. The van der Waals surface area contributed by atoms with Crippen molar-refractivity contribution in [1.29, 1.82) is 0 Å². The zero-order chi connectivity index (χ0) is 14.7. The number of benzene rings is 1. The minimum Gasteiger partial charge on any atom is -0.480 e. The molecule has 1 unspecified atom stereocenters. The molecule has 1 aliphatic rings. The summed E-state index contributed by atoms with van der Waals surface area (Å²) < 4.78 is 0. The number of carbonyl (C=O) groups excluding carboxylic acids is 2. The van der Waals surface area contributed by atoms with Crippen LogP contribution in [0.2, 0.25) is 0 Å². The van der Waals surface area contributed by atoms with E-state index in [0.717, 1.165) is 6.08 Å². The van der Waals surface area contributed by atoms with E-state index in [2.05, 4.69) is 11.2 Å². The fourth-order valence-corrected chi connectivity index (χ4v) is 1.93. The second-order valence-corrected chi connectivity index (χ2v) is 4.24. The van der Waals surface area contributed by atoms with Crippen LogP contribution in [-0.2, 0) is 4.79 Å². The van der Waals surface area contributed by atoms with Crippen LogP contribution >= 0.6 is 0 Å². The van der Waals surface area contributed by atoms with Crippen LogP contribution in [0, 0.1) is 12.3 Å². The van der Waals surface area contributed by atoms with Crippen LogP contribution < -0.4 is 5.32 Å². The molecule has 1 aliphatic carbocycles. The van der Waals surface area contributed by atoms with Crippen molar-refractivity contribution in [3.05, 3.63) is 47.2 Å². The van der Waals surface area contributed by atoms with Crippen molar-refractivity contribution in [3.63, 3.8) is 0 Å². The van der Waals surface area contributed by atoms with Crippen LogP contribution in [0.25, 0.3) is 0 Å². The Bertz CT molecular complexity index is 667. The highest BCUT2D eigenvalue weighted by molar-refractivity contribution is 6.24. The minimum atomic E-state index is -1.18. The zero-order valence-electron chi connectivity index (χ0n) is 10.4. The van der Waals surface area contributed by atoms with E-state index in [9.17, 15) is 14.4 Å². The lowest BCUT2D eigenvalue weighted by atomic mass is 9.92. The molecule has 0 radical (unpaired) electrons. The van der Waals surface area contributed by atoms with E-state index in [4.69, 9.17) is 11.5 Å². The Morgan fingerprint density at radius 2 is 1.95 bits per heavy atom. The summed E-state index contributed by atoms with van der Waals surface area (Å²) in [5, 5.41) is 11.5. The molecule has 1 aromatic rings. The van der Waals surface area contributed by atoms with Crippen molar-refractivity contribution in [2.45, 2.75) is 12.5 Å². The van der Waals surface area contributed by atoms with Crippen molar-refractivity contribution in [2.75, 3.05) is 0 Å². The molecule has 0 spiro atoms. The first-order valence-corrected chi connectivity index (χ1v) is 5.87. The monoisotopic (exact) mass is 269 g/mol. The number of carboxylic acids is 1. The SMILES string of the molecule is C#CCC(NC1=CC(=O)c2ccccc2C1=O)C(=O)O. The molecule has 2 N–H and O–H groups in total. The number of hydrogen-bond acceptors (Lipinski definition) is 4. The van der Waals surface area contributed by atoms with E-state index in [1.54, 1.807) is 18.2 Å². The van der Waals surface area contributed by atoms with Gasteiger partial charge in [0, 0.05) is 23.6 Å². The number of hydrogen-bond donors (Lipinski definition) is 2. The first-order chi connectivity index (χ1) is 9.54. The van der Waals surface area contributed by atoms with Gasteiger partial charge in [0.15, 0.2) is 5.78 Å². The van der Waals surface area contributed by atoms with E-state index >= 15 is 0 Å². The normalized spacial score (nSPS) is 14.8. The van der Waals surface area contributed by atoms with Gasteiger partial charge >= 0.3 is 5.97 Å². The van der Waals surface area contributed by atoms with Gasteiger partial charge in [0.05, 0.1) is 5.70 Å². The third-order valence-electron chi connectivity index (χ3n) is 2.91. The zero-order valence-corrected chi connectivity index (χ0v) is 10.4. The molecule has 0 amide bonds. The van der Waals surface area contributed by atoms with Gasteiger partial charge in [-0.3, -0.25) is 9.59 Å². The highest BCUT2D eigenvalue weighted by atomic mass is 16.4. The molecule has 0 aliphatic heterocycles. The Labute approximate surface area is 115 Å². The van der Waals surface area contributed by atoms with E-state index in [1.165, 1.54) is 6.07 Å². The molecule has 1 atom stereocenters. The van der Waals surface area contributed by atoms with Crippen LogP contribution in [-0.4, -0.2) is 28.7 Å². The van der Waals surface area contributed by atoms with Crippen LogP contribution in [0.3, 0.4) is 0 Å². The number of allylic oxidation sites excluding steroid dienone is 2. The van der Waals surface area contributed by atoms with E-state index in [-0.39, 0.29) is 23.5 Å². The summed E-state index contributed by atoms with van der Waals surface area (Å²) in [6.07, 6.45) is 6.11. The highest BCUT2D eigenvalue weighted by Crippen LogP contribution is 2.20. The number of nitrogens with one attached hydrogen (secondary N) is 1. The Kier molecular flexibility index (Phi) is 3.67. The van der Waals surface area contributed by atoms with Gasteiger partial charge in [-0.2, -0.15) is 0 Å². The third kappa shape index (κ3) is 2.45. The molecule has 2 rings (SSSR count). The van der Waals surface area contributed by atoms with Crippen molar-refractivity contribution in [2.24, 2.45) is 0 Å². The maximum atomic E-state index is 12.2. The molecule has 5 nitrogen and oxygen atoms in total. The van der Waals surface area contributed by atoms with Crippen molar-refractivity contribution in [1.82, 2.24) is 5.32 Å². The lowest BCUT2D eigenvalue weighted by Gasteiger charge is -2.19. The molecular weight excluding hydrogens is 258 g/mol. The molecule has 5 heteroatoms. The number of fused-ring (bicyclic) bond motifs is 1. The number of aliphatic carboxylic acids is 1. The highest BCUT2D eigenvalue weighted by Gasteiger charge is 2.28. The van der Waals surface area contributed by atoms with E-state index < -0.39 is 17.8 Å². The average Bonchev–Trinajstić information content (AvgIpc) is 2.43. The molecule has 1 aromatic carbocycles. The van der Waals surface area contributed by atoms with Gasteiger partial charge in [-0.15, -0.1) is 12.3 Å². The summed E-state index contributed by atoms with van der Waals surface area (Å²) in [4.78, 5) is 35.1. The summed E-state index contributed by atoms with van der Waals surface area (Å²) in [5.74, 6) is 0.286. The number of carboxylic acid groups (broad SMARTS) is 1. The van der Waals surface area contributed by atoms with Gasteiger partial charge in [0.2, 0.25) is 5.78 Å². The Hall–Kier alpha value is -2.87. The summed E-state index contributed by atoms with van der Waals surface area (Å²) in [5.41, 5.74) is 0.524. The molecule has 0 saturated heterocycles. The molecule has 0 aromatic heterocycles. The molecule has 0 saturated carbocycles. The molecular formula is C15H11NO4. The Morgan fingerprint density at radius 1 is 1.30 bits per heavy atom. The van der Waals surface area contributed by atoms with Gasteiger partial charge in [0.1, 0.15) is 6.04 Å². The minimum absolute atomic E-state index is 0.0450. The average molecular weight is 269 g/mol. The fraction of sp³-hybridized carbons (Fsp3) is 0.133. The predicted octanol–water partition coefficient (Wildman–Crippen LogP) is 1.02. The number of terminal acetylenes is 1. The molecule has 20 heavy (non-hydrogen) atoms. The van der Waals surface area contributed by atoms with Crippen molar-refractivity contribution < 1.29 is 19.5 Å². The largest absolute Gasteiger partial charge is 0.480 e. The number of ketones is 2. The summed E-state index contributed by atoms with van der Waals surface area (Å²) in [6, 6.07) is 5.28. The van der Waals surface area contributed by atoms with E-state index in [0.29, 0.717) is 5.56 Å². The first-order valence-electron chi connectivity index (χ1n) is 5.87. The van der Waals surface area contributed by atoms with Crippen molar-refractivity contribution in [3.8, 4) is 12.3 Å². The molecule has 0 fully saturated rings. The first kappa shape index (κ1) is 13.6. The fourth-order valence-electron chi connectivity index (χ4n) is 1.93. The quantitative estimate of drug-likeness (QED) is 0.797.